The number of hydrogen-bond acceptors (Lipinski definition) is 4. The number of hydrogen-bond donors (Lipinski definition) is 0. The molecule has 0 spiro atoms. The van der Waals surface area contributed by atoms with Gasteiger partial charge in [-0.25, -0.2) is 4.98 Å². The predicted molar refractivity (Wildman–Crippen MR) is 122 cm³/mol. The molecule has 28 heavy (non-hydrogen) atoms. The Morgan fingerprint density at radius 1 is 1.11 bits per heavy atom. The lowest BCUT2D eigenvalue weighted by molar-refractivity contribution is -0.118. The third kappa shape index (κ3) is 6.17. The first-order valence-electron chi connectivity index (χ1n) is 9.08. The molecule has 0 bridgehead atoms. The van der Waals surface area contributed by atoms with Gasteiger partial charge in [-0.15, -0.1) is 12.4 Å². The zero-order valence-electron chi connectivity index (χ0n) is 16.1. The van der Waals surface area contributed by atoms with Gasteiger partial charge in [-0.05, 0) is 57.2 Å². The number of carbonyl (C=O) groups excluding carboxylic acids is 1. The minimum atomic E-state index is 0. The zero-order chi connectivity index (χ0) is 19.2. The molecule has 0 atom stereocenters. The van der Waals surface area contributed by atoms with Crippen molar-refractivity contribution in [1.29, 1.82) is 0 Å². The summed E-state index contributed by atoms with van der Waals surface area (Å²) in [7, 11) is 4.09. The molecule has 0 saturated heterocycles. The van der Waals surface area contributed by atoms with Crippen LogP contribution in [-0.2, 0) is 11.2 Å². The van der Waals surface area contributed by atoms with Gasteiger partial charge in [0, 0.05) is 18.0 Å². The molecule has 150 valence electrons. The molecule has 1 heterocycles. The highest BCUT2D eigenvalue weighted by molar-refractivity contribution is 7.22. The van der Waals surface area contributed by atoms with E-state index in [-0.39, 0.29) is 18.3 Å². The van der Waals surface area contributed by atoms with Gasteiger partial charge in [0.05, 0.1) is 10.2 Å². The maximum absolute atomic E-state index is 13.0. The van der Waals surface area contributed by atoms with Gasteiger partial charge in [-0.3, -0.25) is 9.69 Å². The van der Waals surface area contributed by atoms with Crippen LogP contribution in [0.15, 0.2) is 48.5 Å². The first-order valence-corrected chi connectivity index (χ1v) is 10.3. The number of anilines is 1. The van der Waals surface area contributed by atoms with E-state index in [0.29, 0.717) is 18.0 Å². The number of amides is 1. The van der Waals surface area contributed by atoms with Gasteiger partial charge in [-0.1, -0.05) is 53.3 Å². The molecule has 0 aliphatic carbocycles. The van der Waals surface area contributed by atoms with Crippen molar-refractivity contribution in [3.05, 3.63) is 59.1 Å². The molecular formula is C21H25Cl2N3OS. The molecule has 0 N–H and O–H groups in total. The molecule has 1 amide bonds. The molecular weight excluding hydrogens is 413 g/mol. The van der Waals surface area contributed by atoms with Crippen LogP contribution in [0.25, 0.3) is 10.2 Å². The Labute approximate surface area is 181 Å². The minimum absolute atomic E-state index is 0. The van der Waals surface area contributed by atoms with Crippen LogP contribution in [0.5, 0.6) is 0 Å². The normalized spacial score (nSPS) is 10.9. The number of rotatable bonds is 8. The smallest absolute Gasteiger partial charge is 0.229 e. The number of benzene rings is 2. The quantitative estimate of drug-likeness (QED) is 0.480. The van der Waals surface area contributed by atoms with Gasteiger partial charge in [-0.2, -0.15) is 0 Å². The number of halogens is 2. The van der Waals surface area contributed by atoms with Crippen molar-refractivity contribution in [3.63, 3.8) is 0 Å². The number of aryl methyl sites for hydroxylation is 1. The molecule has 7 heteroatoms. The first kappa shape index (κ1) is 22.6. The molecule has 3 aromatic rings. The summed E-state index contributed by atoms with van der Waals surface area (Å²) in [5.74, 6) is 0.114. The molecule has 0 aliphatic rings. The van der Waals surface area contributed by atoms with Crippen LogP contribution < -0.4 is 4.90 Å². The average Bonchev–Trinajstić information content (AvgIpc) is 3.06. The Hall–Kier alpha value is -1.66. The number of thiazole rings is 1. The Balaban J connectivity index is 0.00000280. The molecule has 0 radical (unpaired) electrons. The molecule has 1 aromatic heterocycles. The van der Waals surface area contributed by atoms with Crippen LogP contribution in [0, 0.1) is 0 Å². The van der Waals surface area contributed by atoms with Crippen LogP contribution in [0.1, 0.15) is 18.4 Å². The zero-order valence-corrected chi connectivity index (χ0v) is 18.5. The van der Waals surface area contributed by atoms with Gasteiger partial charge < -0.3 is 4.90 Å². The number of fused-ring (bicyclic) bond motifs is 1. The molecule has 4 nitrogen and oxygen atoms in total. The summed E-state index contributed by atoms with van der Waals surface area (Å²) in [5.41, 5.74) is 2.06. The predicted octanol–water partition coefficient (Wildman–Crippen LogP) is 5.29. The molecule has 0 fully saturated rings. The summed E-state index contributed by atoms with van der Waals surface area (Å²) in [6, 6.07) is 15.8. The summed E-state index contributed by atoms with van der Waals surface area (Å²) in [6.07, 6.45) is 2.12. The highest BCUT2D eigenvalue weighted by Crippen LogP contribution is 2.31. The molecule has 0 saturated carbocycles. The largest absolute Gasteiger partial charge is 0.309 e. The maximum Gasteiger partial charge on any atom is 0.229 e. The number of aromatic nitrogens is 1. The topological polar surface area (TPSA) is 36.4 Å². The van der Waals surface area contributed by atoms with Crippen molar-refractivity contribution in [3.8, 4) is 0 Å². The summed E-state index contributed by atoms with van der Waals surface area (Å²) in [5, 5.41) is 1.44. The second kappa shape index (κ2) is 10.8. The van der Waals surface area contributed by atoms with E-state index in [9.17, 15) is 4.79 Å². The van der Waals surface area contributed by atoms with Crippen LogP contribution >= 0.6 is 35.3 Å². The van der Waals surface area contributed by atoms with Crippen LogP contribution in [-0.4, -0.2) is 43.0 Å². The standard InChI is InChI=1S/C21H24ClN3OS.ClH/c1-24(2)13-6-14-25(20(26)12-9-16-7-4-3-5-8-16)21-23-18-11-10-17(22)15-19(18)27-21;/h3-5,7-8,10-11,15H,6,9,12-14H2,1-2H3;1H. The fourth-order valence-corrected chi connectivity index (χ4v) is 4.19. The van der Waals surface area contributed by atoms with Crippen molar-refractivity contribution in [2.24, 2.45) is 0 Å². The first-order chi connectivity index (χ1) is 13.0. The second-order valence-corrected chi connectivity index (χ2v) is 8.24. The van der Waals surface area contributed by atoms with Gasteiger partial charge in [0.2, 0.25) is 5.91 Å². The lowest BCUT2D eigenvalue weighted by atomic mass is 10.1. The average molecular weight is 438 g/mol. The van der Waals surface area contributed by atoms with E-state index in [1.54, 1.807) is 0 Å². The molecule has 0 aliphatic heterocycles. The highest BCUT2D eigenvalue weighted by atomic mass is 35.5. The summed E-state index contributed by atoms with van der Waals surface area (Å²) in [4.78, 5) is 21.6. The summed E-state index contributed by atoms with van der Waals surface area (Å²) < 4.78 is 1.01. The van der Waals surface area contributed by atoms with E-state index >= 15 is 0 Å². The van der Waals surface area contributed by atoms with Crippen molar-refractivity contribution < 1.29 is 4.79 Å². The van der Waals surface area contributed by atoms with Crippen LogP contribution in [0.4, 0.5) is 5.13 Å². The summed E-state index contributed by atoms with van der Waals surface area (Å²) in [6.45, 7) is 1.60. The number of nitrogens with zero attached hydrogens (tertiary/aromatic N) is 3. The Bertz CT molecular complexity index is 899. The summed E-state index contributed by atoms with van der Waals surface area (Å²) >= 11 is 7.62. The monoisotopic (exact) mass is 437 g/mol. The fraction of sp³-hybridized carbons (Fsp3) is 0.333. The molecule has 0 unspecified atom stereocenters. The van der Waals surface area contributed by atoms with E-state index in [1.807, 2.05) is 55.4 Å². The van der Waals surface area contributed by atoms with E-state index < -0.39 is 0 Å². The highest BCUT2D eigenvalue weighted by Gasteiger charge is 2.19. The van der Waals surface area contributed by atoms with Crippen LogP contribution in [0.2, 0.25) is 5.02 Å². The van der Waals surface area contributed by atoms with Crippen LogP contribution in [0.3, 0.4) is 0 Å². The number of carbonyl (C=O) groups is 1. The van der Waals surface area contributed by atoms with E-state index in [0.717, 1.165) is 34.7 Å². The van der Waals surface area contributed by atoms with Gasteiger partial charge >= 0.3 is 0 Å². The molecule has 3 rings (SSSR count). The third-order valence-corrected chi connectivity index (χ3v) is 5.60. The maximum atomic E-state index is 13.0. The Morgan fingerprint density at radius 3 is 2.57 bits per heavy atom. The lowest BCUT2D eigenvalue weighted by Gasteiger charge is -2.21. The Morgan fingerprint density at radius 2 is 1.86 bits per heavy atom. The van der Waals surface area contributed by atoms with Gasteiger partial charge in [0.25, 0.3) is 0 Å². The SMILES string of the molecule is CN(C)CCCN(C(=O)CCc1ccccc1)c1nc2ccc(Cl)cc2s1.Cl. The minimum Gasteiger partial charge on any atom is -0.309 e. The van der Waals surface area contributed by atoms with Gasteiger partial charge in [0.15, 0.2) is 5.13 Å². The van der Waals surface area contributed by atoms with Gasteiger partial charge in [0.1, 0.15) is 0 Å². The fourth-order valence-electron chi connectivity index (χ4n) is 2.90. The van der Waals surface area contributed by atoms with Crippen molar-refractivity contribution in [2.45, 2.75) is 19.3 Å². The van der Waals surface area contributed by atoms with E-state index in [1.165, 1.54) is 16.9 Å². The Kier molecular flexibility index (Phi) is 8.70. The van der Waals surface area contributed by atoms with Crippen molar-refractivity contribution in [2.75, 3.05) is 32.1 Å². The molecule has 2 aromatic carbocycles. The third-order valence-electron chi connectivity index (χ3n) is 4.33. The van der Waals surface area contributed by atoms with E-state index in [2.05, 4.69) is 22.0 Å². The lowest BCUT2D eigenvalue weighted by Crippen LogP contribution is -2.33. The second-order valence-electron chi connectivity index (χ2n) is 6.80. The van der Waals surface area contributed by atoms with Crippen molar-refractivity contribution >= 4 is 56.6 Å². The van der Waals surface area contributed by atoms with E-state index in [4.69, 9.17) is 11.6 Å². The van der Waals surface area contributed by atoms with Crippen molar-refractivity contribution in [1.82, 2.24) is 9.88 Å².